The average molecular weight is 295 g/mol. The Kier molecular flexibility index (Phi) is 5.50. The number of carbonyl (C=O) groups is 1. The van der Waals surface area contributed by atoms with Crippen LogP contribution in [0.1, 0.15) is 36.5 Å². The fourth-order valence-electron chi connectivity index (χ4n) is 2.46. The van der Waals surface area contributed by atoms with E-state index in [1.807, 2.05) is 6.92 Å². The maximum absolute atomic E-state index is 14.4. The Morgan fingerprint density at radius 2 is 2.43 bits per heavy atom. The van der Waals surface area contributed by atoms with Gasteiger partial charge in [-0.05, 0) is 25.3 Å². The first-order valence-electron chi connectivity index (χ1n) is 7.37. The lowest BCUT2D eigenvalue weighted by Crippen LogP contribution is -2.43. The number of ether oxygens (including phenoxy) is 1. The highest BCUT2D eigenvalue weighted by Crippen LogP contribution is 2.20. The molecule has 6 heteroatoms. The molecular weight excluding hydrogens is 273 g/mol. The van der Waals surface area contributed by atoms with E-state index in [9.17, 15) is 9.18 Å². The van der Waals surface area contributed by atoms with Crippen molar-refractivity contribution in [3.63, 3.8) is 0 Å². The third-order valence-corrected chi connectivity index (χ3v) is 3.66. The Morgan fingerprint density at radius 3 is 3.14 bits per heavy atom. The van der Waals surface area contributed by atoms with Gasteiger partial charge in [0.05, 0.1) is 11.7 Å². The van der Waals surface area contributed by atoms with Gasteiger partial charge in [0.2, 0.25) is 0 Å². The quantitative estimate of drug-likeness (QED) is 0.905. The predicted molar refractivity (Wildman–Crippen MR) is 78.9 cm³/mol. The fourth-order valence-corrected chi connectivity index (χ4v) is 2.46. The van der Waals surface area contributed by atoms with Crippen LogP contribution in [0.15, 0.2) is 12.3 Å². The lowest BCUT2D eigenvalue weighted by molar-refractivity contribution is 0.0266. The van der Waals surface area contributed by atoms with Crippen LogP contribution in [0.4, 0.5) is 10.2 Å². The Balaban J connectivity index is 2.15. The van der Waals surface area contributed by atoms with Gasteiger partial charge < -0.3 is 15.0 Å². The highest BCUT2D eigenvalue weighted by atomic mass is 19.1. The molecule has 1 saturated heterocycles. The largest absolute Gasteiger partial charge is 0.380 e. The van der Waals surface area contributed by atoms with Gasteiger partial charge in [-0.2, -0.15) is 0 Å². The second-order valence-corrected chi connectivity index (χ2v) is 5.20. The molecule has 1 unspecified atom stereocenters. The smallest absolute Gasteiger partial charge is 0.257 e. The van der Waals surface area contributed by atoms with E-state index in [0.717, 1.165) is 19.3 Å². The molecule has 0 bridgehead atoms. The summed E-state index contributed by atoms with van der Waals surface area (Å²) in [6.07, 6.45) is 4.16. The number of nitrogens with one attached hydrogen (secondary N) is 1. The molecule has 1 aliphatic heterocycles. The van der Waals surface area contributed by atoms with Crippen LogP contribution in [-0.2, 0) is 4.74 Å². The van der Waals surface area contributed by atoms with Gasteiger partial charge >= 0.3 is 0 Å². The summed E-state index contributed by atoms with van der Waals surface area (Å²) in [5.74, 6) is -0.727. The van der Waals surface area contributed by atoms with Gasteiger partial charge in [-0.3, -0.25) is 4.79 Å². The van der Waals surface area contributed by atoms with E-state index >= 15 is 0 Å². The molecule has 1 aromatic heterocycles. The molecule has 2 rings (SSSR count). The SMILES string of the molecule is CCCNc1nccc(C(=O)N2CCCC(OC)C2)c1F. The predicted octanol–water partition coefficient (Wildman–Crippen LogP) is 2.29. The highest BCUT2D eigenvalue weighted by Gasteiger charge is 2.26. The van der Waals surface area contributed by atoms with Gasteiger partial charge in [0.25, 0.3) is 5.91 Å². The molecule has 5 nitrogen and oxygen atoms in total. The number of methoxy groups -OCH3 is 1. The number of carbonyl (C=O) groups excluding carboxylic acids is 1. The standard InChI is InChI=1S/C15H22FN3O2/c1-3-7-17-14-13(16)12(6-8-18-14)15(20)19-9-4-5-11(10-19)21-2/h6,8,11H,3-5,7,9-10H2,1-2H3,(H,17,18). The summed E-state index contributed by atoms with van der Waals surface area (Å²) < 4.78 is 19.7. The van der Waals surface area contributed by atoms with Crippen molar-refractivity contribution in [1.29, 1.82) is 0 Å². The second kappa shape index (κ2) is 7.36. The van der Waals surface area contributed by atoms with Gasteiger partial charge in [-0.1, -0.05) is 6.92 Å². The van der Waals surface area contributed by atoms with Crippen LogP contribution in [0.3, 0.4) is 0 Å². The van der Waals surface area contributed by atoms with Crippen LogP contribution < -0.4 is 5.32 Å². The highest BCUT2D eigenvalue weighted by molar-refractivity contribution is 5.95. The Morgan fingerprint density at radius 1 is 1.62 bits per heavy atom. The van der Waals surface area contributed by atoms with Gasteiger partial charge in [-0.25, -0.2) is 9.37 Å². The Labute approximate surface area is 124 Å². The zero-order chi connectivity index (χ0) is 15.2. The maximum Gasteiger partial charge on any atom is 0.257 e. The van der Waals surface area contributed by atoms with E-state index < -0.39 is 5.82 Å². The van der Waals surface area contributed by atoms with E-state index in [1.54, 1.807) is 12.0 Å². The van der Waals surface area contributed by atoms with Crippen molar-refractivity contribution in [1.82, 2.24) is 9.88 Å². The Hall–Kier alpha value is -1.69. The minimum Gasteiger partial charge on any atom is -0.380 e. The van der Waals surface area contributed by atoms with Crippen molar-refractivity contribution in [2.24, 2.45) is 0 Å². The molecule has 1 aliphatic rings. The van der Waals surface area contributed by atoms with Crippen LogP contribution in [0, 0.1) is 5.82 Å². The number of hydrogen-bond donors (Lipinski definition) is 1. The monoisotopic (exact) mass is 295 g/mol. The van der Waals surface area contributed by atoms with Gasteiger partial charge in [-0.15, -0.1) is 0 Å². The third kappa shape index (κ3) is 3.69. The molecule has 0 aromatic carbocycles. The molecule has 0 saturated carbocycles. The number of halogens is 1. The zero-order valence-corrected chi connectivity index (χ0v) is 12.6. The van der Waals surface area contributed by atoms with E-state index in [1.165, 1.54) is 12.3 Å². The molecule has 1 aromatic rings. The molecule has 0 radical (unpaired) electrons. The number of amides is 1. The van der Waals surface area contributed by atoms with Crippen molar-refractivity contribution in [2.75, 3.05) is 32.1 Å². The van der Waals surface area contributed by atoms with Crippen molar-refractivity contribution in [2.45, 2.75) is 32.3 Å². The third-order valence-electron chi connectivity index (χ3n) is 3.66. The molecular formula is C15H22FN3O2. The van der Waals surface area contributed by atoms with E-state index in [0.29, 0.717) is 19.6 Å². The molecule has 2 heterocycles. The normalized spacial score (nSPS) is 18.6. The second-order valence-electron chi connectivity index (χ2n) is 5.20. The average Bonchev–Trinajstić information content (AvgIpc) is 2.53. The zero-order valence-electron chi connectivity index (χ0n) is 12.6. The molecule has 0 aliphatic carbocycles. The molecule has 1 amide bonds. The molecule has 1 fully saturated rings. The fraction of sp³-hybridized carbons (Fsp3) is 0.600. The van der Waals surface area contributed by atoms with Gasteiger partial charge in [0.1, 0.15) is 0 Å². The van der Waals surface area contributed by atoms with Crippen molar-refractivity contribution >= 4 is 11.7 Å². The number of aromatic nitrogens is 1. The summed E-state index contributed by atoms with van der Waals surface area (Å²) in [7, 11) is 1.64. The van der Waals surface area contributed by atoms with Crippen molar-refractivity contribution < 1.29 is 13.9 Å². The molecule has 1 atom stereocenters. The number of likely N-dealkylation sites (tertiary alicyclic amines) is 1. The first-order valence-corrected chi connectivity index (χ1v) is 7.37. The summed E-state index contributed by atoms with van der Waals surface area (Å²) in [5, 5.41) is 2.90. The molecule has 1 N–H and O–H groups in total. The number of hydrogen-bond acceptors (Lipinski definition) is 4. The number of piperidine rings is 1. The molecule has 0 spiro atoms. The van der Waals surface area contributed by atoms with Crippen LogP contribution in [-0.4, -0.2) is 48.6 Å². The lowest BCUT2D eigenvalue weighted by atomic mass is 10.1. The minimum absolute atomic E-state index is 0.0327. The van der Waals surface area contributed by atoms with E-state index in [-0.39, 0.29) is 23.4 Å². The summed E-state index contributed by atoms with van der Waals surface area (Å²) in [6.45, 7) is 3.75. The Bertz CT molecular complexity index is 496. The van der Waals surface area contributed by atoms with E-state index in [4.69, 9.17) is 4.74 Å². The number of pyridine rings is 1. The first kappa shape index (κ1) is 15.7. The minimum atomic E-state index is -0.574. The number of rotatable bonds is 5. The van der Waals surface area contributed by atoms with E-state index in [2.05, 4.69) is 10.3 Å². The number of anilines is 1. The first-order chi connectivity index (χ1) is 10.2. The van der Waals surface area contributed by atoms with Crippen LogP contribution in [0.2, 0.25) is 0 Å². The van der Waals surface area contributed by atoms with Gasteiger partial charge in [0, 0.05) is 32.9 Å². The molecule has 116 valence electrons. The van der Waals surface area contributed by atoms with Crippen molar-refractivity contribution in [3.05, 3.63) is 23.6 Å². The van der Waals surface area contributed by atoms with Crippen LogP contribution >= 0.6 is 0 Å². The van der Waals surface area contributed by atoms with Gasteiger partial charge in [0.15, 0.2) is 11.6 Å². The summed E-state index contributed by atoms with van der Waals surface area (Å²) in [5.41, 5.74) is 0.0698. The molecule has 21 heavy (non-hydrogen) atoms. The lowest BCUT2D eigenvalue weighted by Gasteiger charge is -2.32. The summed E-state index contributed by atoms with van der Waals surface area (Å²) in [6, 6.07) is 1.44. The summed E-state index contributed by atoms with van der Waals surface area (Å²) in [4.78, 5) is 18.1. The maximum atomic E-state index is 14.4. The topological polar surface area (TPSA) is 54.5 Å². The summed E-state index contributed by atoms with van der Waals surface area (Å²) >= 11 is 0. The van der Waals surface area contributed by atoms with Crippen LogP contribution in [0.25, 0.3) is 0 Å². The van der Waals surface area contributed by atoms with Crippen LogP contribution in [0.5, 0.6) is 0 Å². The van der Waals surface area contributed by atoms with Crippen molar-refractivity contribution in [3.8, 4) is 0 Å². The number of nitrogens with zero attached hydrogens (tertiary/aromatic N) is 2.